The summed E-state index contributed by atoms with van der Waals surface area (Å²) < 4.78 is 0. The lowest BCUT2D eigenvalue weighted by molar-refractivity contribution is -0.127. The topological polar surface area (TPSA) is 75.3 Å². The van der Waals surface area contributed by atoms with Gasteiger partial charge in [0.05, 0.1) is 18.2 Å². The molecule has 1 amide bonds. The smallest absolute Gasteiger partial charge is 0.280 e. The van der Waals surface area contributed by atoms with Crippen LogP contribution in [0.15, 0.2) is 46.7 Å². The Morgan fingerprint density at radius 2 is 2.04 bits per heavy atom. The van der Waals surface area contributed by atoms with Crippen LogP contribution in [-0.2, 0) is 11.3 Å². The lowest BCUT2D eigenvalue weighted by Crippen LogP contribution is -2.53. The molecule has 1 aromatic carbocycles. The van der Waals surface area contributed by atoms with Gasteiger partial charge in [0.15, 0.2) is 0 Å². The van der Waals surface area contributed by atoms with Gasteiger partial charge < -0.3 is 4.90 Å². The number of hydrogen-bond donors (Lipinski definition) is 0. The van der Waals surface area contributed by atoms with E-state index in [1.54, 1.807) is 24.1 Å². The summed E-state index contributed by atoms with van der Waals surface area (Å²) in [4.78, 5) is 16.7. The van der Waals surface area contributed by atoms with Crippen molar-refractivity contribution in [1.29, 1.82) is 5.26 Å². The van der Waals surface area contributed by atoms with Crippen molar-refractivity contribution in [3.8, 4) is 6.07 Å². The summed E-state index contributed by atoms with van der Waals surface area (Å²) in [6.45, 7) is 7.58. The molecule has 26 heavy (non-hydrogen) atoms. The number of carbonyl (C=O) groups excluding carboxylic acids is 1. The molecule has 0 atom stereocenters. The van der Waals surface area contributed by atoms with Gasteiger partial charge in [0.2, 0.25) is 5.96 Å². The Labute approximate surface area is 153 Å². The molecule has 0 unspecified atom stereocenters. The van der Waals surface area contributed by atoms with Crippen molar-refractivity contribution in [3.63, 3.8) is 0 Å². The monoisotopic (exact) mass is 350 g/mol. The van der Waals surface area contributed by atoms with Gasteiger partial charge in [-0.05, 0) is 37.8 Å². The first-order chi connectivity index (χ1) is 12.7. The minimum atomic E-state index is -0.251. The van der Waals surface area contributed by atoms with Crippen LogP contribution in [-0.4, -0.2) is 46.1 Å². The van der Waals surface area contributed by atoms with E-state index < -0.39 is 0 Å². The number of benzene rings is 1. The minimum Gasteiger partial charge on any atom is -0.341 e. The number of nitrogens with zero attached hydrogens (tertiary/aromatic N) is 6. The van der Waals surface area contributed by atoms with E-state index in [0.717, 1.165) is 31.5 Å². The first-order valence-electron chi connectivity index (χ1n) is 8.76. The van der Waals surface area contributed by atoms with Crippen molar-refractivity contribution >= 4 is 18.1 Å². The number of guanidine groups is 1. The Kier molecular flexibility index (Phi) is 5.32. The number of likely N-dealkylation sites (tertiary alicyclic amines) is 1. The van der Waals surface area contributed by atoms with Gasteiger partial charge in [0, 0.05) is 19.3 Å². The van der Waals surface area contributed by atoms with Gasteiger partial charge in [-0.1, -0.05) is 24.8 Å². The van der Waals surface area contributed by atoms with Crippen LogP contribution in [0.5, 0.6) is 0 Å². The van der Waals surface area contributed by atoms with E-state index in [2.05, 4.69) is 27.8 Å². The molecule has 2 aliphatic rings. The maximum atomic E-state index is 13.0. The van der Waals surface area contributed by atoms with Crippen molar-refractivity contribution in [2.45, 2.75) is 32.7 Å². The van der Waals surface area contributed by atoms with Crippen LogP contribution >= 0.6 is 0 Å². The molecule has 1 saturated heterocycles. The predicted molar refractivity (Wildman–Crippen MR) is 99.7 cm³/mol. The quantitative estimate of drug-likeness (QED) is 0.620. The number of carbonyl (C=O) groups is 1. The molecule has 0 N–H and O–H groups in total. The Bertz CT molecular complexity index is 800. The first kappa shape index (κ1) is 17.7. The zero-order chi connectivity index (χ0) is 18.5. The van der Waals surface area contributed by atoms with Gasteiger partial charge in [-0.15, -0.1) is 10.2 Å². The standard InChI is InChI=1S/C19H22N6O/c1-3-21-25-15(2)18(26)24(14-17-10-6-5-9-16(17)13-20)19(22-25)23-11-7-4-8-12-23/h3,5-6,9-10H,2,4,7-8,11-12,14H2,1H3/b21-3-. The summed E-state index contributed by atoms with van der Waals surface area (Å²) >= 11 is 0. The molecule has 1 aromatic rings. The number of nitriles is 1. The zero-order valence-electron chi connectivity index (χ0n) is 14.9. The van der Waals surface area contributed by atoms with Gasteiger partial charge in [-0.2, -0.15) is 10.4 Å². The zero-order valence-corrected chi connectivity index (χ0v) is 14.9. The van der Waals surface area contributed by atoms with Crippen LogP contribution in [0.4, 0.5) is 0 Å². The Hall–Kier alpha value is -3.14. The molecule has 3 rings (SSSR count). The molecule has 134 valence electrons. The normalized spacial score (nSPS) is 18.3. The highest BCUT2D eigenvalue weighted by Gasteiger charge is 2.35. The van der Waals surface area contributed by atoms with Crippen molar-refractivity contribution in [1.82, 2.24) is 14.9 Å². The summed E-state index contributed by atoms with van der Waals surface area (Å²) in [6.07, 6.45) is 4.89. The number of hydrazone groups is 2. The fraction of sp³-hybridized carbons (Fsp3) is 0.368. The first-order valence-corrected chi connectivity index (χ1v) is 8.76. The van der Waals surface area contributed by atoms with Gasteiger partial charge in [0.1, 0.15) is 5.70 Å². The third kappa shape index (κ3) is 3.45. The molecule has 0 saturated carbocycles. The Balaban J connectivity index is 1.99. The van der Waals surface area contributed by atoms with E-state index in [-0.39, 0.29) is 18.1 Å². The van der Waals surface area contributed by atoms with Crippen LogP contribution < -0.4 is 0 Å². The third-order valence-electron chi connectivity index (χ3n) is 4.49. The largest absolute Gasteiger partial charge is 0.341 e. The van der Waals surface area contributed by atoms with Crippen LogP contribution in [0.25, 0.3) is 0 Å². The third-order valence-corrected chi connectivity index (χ3v) is 4.49. The highest BCUT2D eigenvalue weighted by Crippen LogP contribution is 2.23. The van der Waals surface area contributed by atoms with E-state index in [9.17, 15) is 10.1 Å². The number of piperidine rings is 1. The second-order valence-electron chi connectivity index (χ2n) is 6.22. The number of hydrogen-bond acceptors (Lipinski definition) is 6. The Morgan fingerprint density at radius 3 is 2.73 bits per heavy atom. The lowest BCUT2D eigenvalue weighted by atomic mass is 10.1. The fourth-order valence-corrected chi connectivity index (χ4v) is 3.14. The second-order valence-corrected chi connectivity index (χ2v) is 6.22. The van der Waals surface area contributed by atoms with Crippen LogP contribution in [0.1, 0.15) is 37.3 Å². The van der Waals surface area contributed by atoms with Gasteiger partial charge in [0.25, 0.3) is 5.91 Å². The lowest BCUT2D eigenvalue weighted by Gasteiger charge is -2.39. The molecule has 0 aromatic heterocycles. The minimum absolute atomic E-state index is 0.193. The average molecular weight is 350 g/mol. The molecule has 2 heterocycles. The van der Waals surface area contributed by atoms with E-state index in [1.165, 1.54) is 11.5 Å². The van der Waals surface area contributed by atoms with E-state index in [4.69, 9.17) is 0 Å². The number of amides is 1. The second kappa shape index (κ2) is 7.83. The van der Waals surface area contributed by atoms with Gasteiger partial charge in [-0.25, -0.2) is 0 Å². The molecule has 0 radical (unpaired) electrons. The molecule has 0 spiro atoms. The molecular weight excluding hydrogens is 328 g/mol. The highest BCUT2D eigenvalue weighted by molar-refractivity contribution is 6.06. The molecular formula is C19H22N6O. The molecule has 7 nitrogen and oxygen atoms in total. The summed E-state index contributed by atoms with van der Waals surface area (Å²) in [5.74, 6) is 0.319. The maximum absolute atomic E-state index is 13.0. The maximum Gasteiger partial charge on any atom is 0.280 e. The van der Waals surface area contributed by atoms with E-state index in [1.807, 2.05) is 18.2 Å². The molecule has 0 aliphatic carbocycles. The SMILES string of the molecule is C=C1C(=O)N(Cc2ccccc2C#N)C(N2CCCCC2)=NN1/N=C\C. The highest BCUT2D eigenvalue weighted by atomic mass is 16.2. The van der Waals surface area contributed by atoms with Gasteiger partial charge in [-0.3, -0.25) is 9.69 Å². The van der Waals surface area contributed by atoms with Crippen LogP contribution in [0, 0.1) is 11.3 Å². The summed E-state index contributed by atoms with van der Waals surface area (Å²) in [5.41, 5.74) is 1.53. The molecule has 0 bridgehead atoms. The summed E-state index contributed by atoms with van der Waals surface area (Å²) in [5, 5.41) is 19.3. The van der Waals surface area contributed by atoms with Gasteiger partial charge >= 0.3 is 0 Å². The van der Waals surface area contributed by atoms with Crippen molar-refractivity contribution in [3.05, 3.63) is 47.7 Å². The molecule has 7 heteroatoms. The van der Waals surface area contributed by atoms with Crippen molar-refractivity contribution in [2.75, 3.05) is 13.1 Å². The molecule has 2 aliphatic heterocycles. The average Bonchev–Trinajstić information content (AvgIpc) is 2.68. The van der Waals surface area contributed by atoms with Crippen molar-refractivity contribution < 1.29 is 4.79 Å². The van der Waals surface area contributed by atoms with Crippen LogP contribution in [0.2, 0.25) is 0 Å². The predicted octanol–water partition coefficient (Wildman–Crippen LogP) is 2.48. The number of rotatable bonds is 3. The van der Waals surface area contributed by atoms with Crippen LogP contribution in [0.3, 0.4) is 0 Å². The Morgan fingerprint density at radius 1 is 1.31 bits per heavy atom. The van der Waals surface area contributed by atoms with E-state index in [0.29, 0.717) is 11.5 Å². The van der Waals surface area contributed by atoms with E-state index >= 15 is 0 Å². The van der Waals surface area contributed by atoms with Crippen molar-refractivity contribution in [2.24, 2.45) is 10.2 Å². The molecule has 1 fully saturated rings. The summed E-state index contributed by atoms with van der Waals surface area (Å²) in [6, 6.07) is 9.48. The summed E-state index contributed by atoms with van der Waals surface area (Å²) in [7, 11) is 0. The fourth-order valence-electron chi connectivity index (χ4n) is 3.14.